The Morgan fingerprint density at radius 1 is 0.676 bits per heavy atom. The number of carbonyl (C=O) groups is 2. The lowest BCUT2D eigenvalue weighted by molar-refractivity contribution is -0.180. The second kappa shape index (κ2) is 9.20. The van der Waals surface area contributed by atoms with Crippen molar-refractivity contribution in [2.45, 2.75) is 12.2 Å². The molecule has 4 aromatic carbocycles. The Morgan fingerprint density at radius 3 is 1.76 bits per heavy atom. The molecule has 0 N–H and O–H groups in total. The maximum absolute atomic E-state index is 13.8. The number of ether oxygens (including phenoxy) is 2. The van der Waals surface area contributed by atoms with Gasteiger partial charge < -0.3 is 9.47 Å². The van der Waals surface area contributed by atoms with Gasteiger partial charge in [0.1, 0.15) is 5.76 Å². The molecule has 1 atom stereocenters. The van der Waals surface area contributed by atoms with Crippen LogP contribution in [0.4, 0.5) is 0 Å². The highest BCUT2D eigenvalue weighted by Crippen LogP contribution is 2.45. The summed E-state index contributed by atoms with van der Waals surface area (Å²) in [6.45, 7) is 0. The lowest BCUT2D eigenvalue weighted by Crippen LogP contribution is -2.40. The van der Waals surface area contributed by atoms with Crippen molar-refractivity contribution in [1.29, 1.82) is 0 Å². The molecule has 0 aliphatic carbocycles. The van der Waals surface area contributed by atoms with Gasteiger partial charge in [-0.2, -0.15) is 0 Å². The molecule has 4 heteroatoms. The van der Waals surface area contributed by atoms with Crippen molar-refractivity contribution in [2.75, 3.05) is 0 Å². The molecule has 0 radical (unpaired) electrons. The standard InChI is InChI=1S/C30H22O4/c31-26-21-30(25-19-11-4-12-20-25,34-29(32)24-17-9-3-10-18-24)33-28(23-15-7-2-8-16-23)27(26)22-13-5-1-6-14-22/h1-20H,21H2/t30-/m0/s1. The molecule has 5 rings (SSSR count). The van der Waals surface area contributed by atoms with Gasteiger partial charge in [-0.25, -0.2) is 4.79 Å². The van der Waals surface area contributed by atoms with Crippen molar-refractivity contribution < 1.29 is 19.1 Å². The molecule has 4 aromatic rings. The molecule has 0 bridgehead atoms. The van der Waals surface area contributed by atoms with Gasteiger partial charge >= 0.3 is 5.97 Å². The third-order valence-corrected chi connectivity index (χ3v) is 5.75. The number of Topliss-reactive ketones (excluding diaryl/α,β-unsaturated/α-hetero) is 1. The fraction of sp³-hybridized carbons (Fsp3) is 0.0667. The van der Waals surface area contributed by atoms with E-state index in [1.807, 2.05) is 97.1 Å². The molecule has 0 unspecified atom stereocenters. The van der Waals surface area contributed by atoms with E-state index in [4.69, 9.17) is 9.47 Å². The number of hydrogen-bond donors (Lipinski definition) is 0. The summed E-state index contributed by atoms with van der Waals surface area (Å²) >= 11 is 0. The maximum atomic E-state index is 13.8. The number of benzene rings is 4. The van der Waals surface area contributed by atoms with Gasteiger partial charge in [-0.05, 0) is 17.7 Å². The number of allylic oxidation sites excluding steroid dienone is 1. The van der Waals surface area contributed by atoms with E-state index in [-0.39, 0.29) is 12.2 Å². The van der Waals surface area contributed by atoms with Crippen molar-refractivity contribution in [2.24, 2.45) is 0 Å². The Morgan fingerprint density at radius 2 is 1.18 bits per heavy atom. The van der Waals surface area contributed by atoms with E-state index < -0.39 is 11.8 Å². The van der Waals surface area contributed by atoms with E-state index in [0.29, 0.717) is 22.5 Å². The van der Waals surface area contributed by atoms with Gasteiger partial charge in [0.15, 0.2) is 5.78 Å². The summed E-state index contributed by atoms with van der Waals surface area (Å²) in [6, 6.07) is 36.7. The first kappa shape index (κ1) is 21.4. The summed E-state index contributed by atoms with van der Waals surface area (Å²) in [4.78, 5) is 26.9. The molecule has 0 aromatic heterocycles. The van der Waals surface area contributed by atoms with Crippen LogP contribution in [-0.4, -0.2) is 11.8 Å². The molecule has 0 saturated heterocycles. The summed E-state index contributed by atoms with van der Waals surface area (Å²) in [5.41, 5.74) is 2.92. The van der Waals surface area contributed by atoms with Gasteiger partial charge in [0.2, 0.25) is 0 Å². The molecule has 4 nitrogen and oxygen atoms in total. The molecular weight excluding hydrogens is 424 g/mol. The van der Waals surface area contributed by atoms with Gasteiger partial charge in [-0.1, -0.05) is 109 Å². The molecule has 0 fully saturated rings. The van der Waals surface area contributed by atoms with Crippen LogP contribution in [0, 0.1) is 0 Å². The lowest BCUT2D eigenvalue weighted by Gasteiger charge is -2.38. The van der Waals surface area contributed by atoms with Crippen LogP contribution in [0.15, 0.2) is 121 Å². The average molecular weight is 447 g/mol. The fourth-order valence-corrected chi connectivity index (χ4v) is 4.12. The van der Waals surface area contributed by atoms with Crippen LogP contribution in [0.2, 0.25) is 0 Å². The number of rotatable bonds is 5. The number of carbonyl (C=O) groups excluding carboxylic acids is 2. The minimum Gasteiger partial charge on any atom is -0.446 e. The summed E-state index contributed by atoms with van der Waals surface area (Å²) < 4.78 is 12.6. The van der Waals surface area contributed by atoms with E-state index in [0.717, 1.165) is 11.1 Å². The van der Waals surface area contributed by atoms with Crippen LogP contribution in [-0.2, 0) is 20.1 Å². The largest absolute Gasteiger partial charge is 0.446 e. The first-order valence-electron chi connectivity index (χ1n) is 11.1. The normalized spacial score (nSPS) is 17.7. The number of ketones is 1. The Labute approximate surface area is 198 Å². The van der Waals surface area contributed by atoms with Crippen molar-refractivity contribution in [3.8, 4) is 0 Å². The molecule has 34 heavy (non-hydrogen) atoms. The third kappa shape index (κ3) is 4.14. The minimum atomic E-state index is -1.60. The molecular formula is C30H22O4. The highest BCUT2D eigenvalue weighted by Gasteiger charge is 2.47. The lowest BCUT2D eigenvalue weighted by atomic mass is 9.88. The van der Waals surface area contributed by atoms with E-state index in [9.17, 15) is 9.59 Å². The maximum Gasteiger partial charge on any atom is 0.341 e. The predicted molar refractivity (Wildman–Crippen MR) is 130 cm³/mol. The summed E-state index contributed by atoms with van der Waals surface area (Å²) in [5.74, 6) is -1.95. The van der Waals surface area contributed by atoms with Crippen molar-refractivity contribution in [1.82, 2.24) is 0 Å². The first-order chi connectivity index (χ1) is 16.7. The smallest absolute Gasteiger partial charge is 0.341 e. The van der Waals surface area contributed by atoms with Crippen LogP contribution in [0.5, 0.6) is 0 Å². The topological polar surface area (TPSA) is 52.6 Å². The Kier molecular flexibility index (Phi) is 5.79. The second-order valence-electron chi connectivity index (χ2n) is 8.01. The van der Waals surface area contributed by atoms with Crippen molar-refractivity contribution in [3.05, 3.63) is 144 Å². The van der Waals surface area contributed by atoms with Gasteiger partial charge in [0.05, 0.1) is 17.6 Å². The van der Waals surface area contributed by atoms with E-state index >= 15 is 0 Å². The zero-order valence-corrected chi connectivity index (χ0v) is 18.4. The van der Waals surface area contributed by atoms with Crippen LogP contribution < -0.4 is 0 Å². The first-order valence-corrected chi connectivity index (χ1v) is 11.1. The van der Waals surface area contributed by atoms with Crippen LogP contribution in [0.1, 0.15) is 33.5 Å². The van der Waals surface area contributed by atoms with E-state index in [2.05, 4.69) is 0 Å². The average Bonchev–Trinajstić information content (AvgIpc) is 2.90. The van der Waals surface area contributed by atoms with Crippen molar-refractivity contribution in [3.63, 3.8) is 0 Å². The zero-order chi connectivity index (χ0) is 23.4. The molecule has 1 aliphatic rings. The van der Waals surface area contributed by atoms with E-state index in [1.165, 1.54) is 0 Å². The third-order valence-electron chi connectivity index (χ3n) is 5.75. The second-order valence-corrected chi connectivity index (χ2v) is 8.01. The van der Waals surface area contributed by atoms with Gasteiger partial charge in [-0.15, -0.1) is 0 Å². The number of esters is 1. The molecule has 0 amide bonds. The van der Waals surface area contributed by atoms with Crippen molar-refractivity contribution >= 4 is 23.1 Å². The Balaban J connectivity index is 1.67. The summed E-state index contributed by atoms with van der Waals surface area (Å²) in [6.07, 6.45) is -0.143. The molecule has 0 spiro atoms. The molecule has 1 heterocycles. The van der Waals surface area contributed by atoms with E-state index in [1.54, 1.807) is 24.3 Å². The highest BCUT2D eigenvalue weighted by atomic mass is 16.7. The van der Waals surface area contributed by atoms with Gasteiger partial charge in [0.25, 0.3) is 5.79 Å². The SMILES string of the molecule is O=C1C[C@](OC(=O)c2ccccc2)(c2ccccc2)OC(c2ccccc2)=C1c1ccccc1. The monoisotopic (exact) mass is 446 g/mol. The summed E-state index contributed by atoms with van der Waals surface area (Å²) in [5, 5.41) is 0. The number of hydrogen-bond acceptors (Lipinski definition) is 4. The molecule has 166 valence electrons. The van der Waals surface area contributed by atoms with Gasteiger partial charge in [-0.3, -0.25) is 4.79 Å². The molecule has 0 saturated carbocycles. The van der Waals surface area contributed by atoms with Crippen LogP contribution in [0.3, 0.4) is 0 Å². The zero-order valence-electron chi connectivity index (χ0n) is 18.4. The Hall–Kier alpha value is -4.44. The fourth-order valence-electron chi connectivity index (χ4n) is 4.12. The highest BCUT2D eigenvalue weighted by molar-refractivity contribution is 6.28. The van der Waals surface area contributed by atoms with Crippen LogP contribution >= 0.6 is 0 Å². The van der Waals surface area contributed by atoms with Crippen LogP contribution in [0.25, 0.3) is 11.3 Å². The molecule has 1 aliphatic heterocycles. The quantitative estimate of drug-likeness (QED) is 0.340. The summed E-state index contributed by atoms with van der Waals surface area (Å²) in [7, 11) is 0. The predicted octanol–water partition coefficient (Wildman–Crippen LogP) is 6.25. The minimum absolute atomic E-state index is 0.143. The Bertz CT molecular complexity index is 1330. The van der Waals surface area contributed by atoms with Gasteiger partial charge in [0, 0.05) is 11.1 Å².